The van der Waals surface area contributed by atoms with Crippen LogP contribution in [0.2, 0.25) is 0 Å². The van der Waals surface area contributed by atoms with E-state index in [1.54, 1.807) is 12.4 Å². The molecule has 0 aliphatic heterocycles. The first-order valence-corrected chi connectivity index (χ1v) is 7.12. The molecule has 0 aliphatic rings. The van der Waals surface area contributed by atoms with Crippen molar-refractivity contribution < 1.29 is 4.63 Å². The van der Waals surface area contributed by atoms with Crippen LogP contribution in [0.1, 0.15) is 5.69 Å². The van der Waals surface area contributed by atoms with Crippen LogP contribution in [0.5, 0.6) is 0 Å². The molecular formula is C17H13N5O. The third-order valence-electron chi connectivity index (χ3n) is 3.73. The van der Waals surface area contributed by atoms with Crippen molar-refractivity contribution in [1.82, 2.24) is 20.3 Å². The number of anilines is 1. The Hall–Kier alpha value is -3.28. The Morgan fingerprint density at radius 2 is 1.61 bits per heavy atom. The van der Waals surface area contributed by atoms with E-state index < -0.39 is 0 Å². The molecule has 0 bridgehead atoms. The van der Waals surface area contributed by atoms with Gasteiger partial charge in [-0.25, -0.2) is 9.61 Å². The molecule has 0 aliphatic carbocycles. The van der Waals surface area contributed by atoms with Gasteiger partial charge in [-0.1, -0.05) is 12.1 Å². The first-order valence-electron chi connectivity index (χ1n) is 7.12. The Bertz CT molecular complexity index is 991. The summed E-state index contributed by atoms with van der Waals surface area (Å²) in [6.45, 7) is 1.95. The zero-order chi connectivity index (χ0) is 15.8. The fraction of sp³-hybridized carbons (Fsp3) is 0.0588. The van der Waals surface area contributed by atoms with Gasteiger partial charge in [0.1, 0.15) is 16.9 Å². The molecule has 0 amide bonds. The number of aromatic nitrogens is 4. The molecule has 2 N–H and O–H groups in total. The molecule has 6 heteroatoms. The van der Waals surface area contributed by atoms with E-state index in [4.69, 9.17) is 10.4 Å². The summed E-state index contributed by atoms with van der Waals surface area (Å²) >= 11 is 0. The van der Waals surface area contributed by atoms with E-state index in [2.05, 4.69) is 20.3 Å². The number of fused-ring (bicyclic) bond motifs is 1. The Morgan fingerprint density at radius 3 is 2.43 bits per heavy atom. The molecule has 0 saturated heterocycles. The maximum absolute atomic E-state index is 6.04. The van der Waals surface area contributed by atoms with Crippen LogP contribution in [0.25, 0.3) is 33.3 Å². The quantitative estimate of drug-likeness (QED) is 0.611. The number of hydrogen-bond donors (Lipinski definition) is 1. The van der Waals surface area contributed by atoms with Gasteiger partial charge in [-0.2, -0.15) is 0 Å². The summed E-state index contributed by atoms with van der Waals surface area (Å²) in [4.78, 5) is 8.63. The van der Waals surface area contributed by atoms with Crippen molar-refractivity contribution in [2.24, 2.45) is 0 Å². The van der Waals surface area contributed by atoms with Crippen molar-refractivity contribution in [2.75, 3.05) is 5.73 Å². The number of benzene rings is 1. The summed E-state index contributed by atoms with van der Waals surface area (Å²) in [5, 5.41) is 7.68. The fourth-order valence-electron chi connectivity index (χ4n) is 2.45. The largest absolute Gasteiger partial charge is 0.383 e. The predicted molar refractivity (Wildman–Crippen MR) is 87.4 cm³/mol. The molecule has 1 aromatic carbocycles. The zero-order valence-electron chi connectivity index (χ0n) is 12.4. The number of aryl methyl sites for hydroxylation is 1. The molecule has 4 rings (SSSR count). The van der Waals surface area contributed by atoms with Crippen LogP contribution < -0.4 is 5.73 Å². The Balaban J connectivity index is 1.83. The van der Waals surface area contributed by atoms with Crippen molar-refractivity contribution in [3.05, 3.63) is 54.5 Å². The molecule has 3 aromatic heterocycles. The Morgan fingerprint density at radius 1 is 0.826 bits per heavy atom. The van der Waals surface area contributed by atoms with Gasteiger partial charge in [0.15, 0.2) is 0 Å². The highest BCUT2D eigenvalue weighted by Gasteiger charge is 2.09. The Labute approximate surface area is 132 Å². The highest BCUT2D eigenvalue weighted by molar-refractivity contribution is 5.83. The lowest BCUT2D eigenvalue weighted by Gasteiger charge is -2.08. The van der Waals surface area contributed by atoms with E-state index in [0.717, 1.165) is 33.5 Å². The third-order valence-corrected chi connectivity index (χ3v) is 3.73. The smallest absolute Gasteiger partial charge is 0.135 e. The monoisotopic (exact) mass is 303 g/mol. The van der Waals surface area contributed by atoms with Gasteiger partial charge in [0.2, 0.25) is 0 Å². The number of rotatable bonds is 2. The second kappa shape index (κ2) is 5.17. The number of nitrogens with zero attached hydrogens (tertiary/aromatic N) is 4. The van der Waals surface area contributed by atoms with E-state index in [-0.39, 0.29) is 0 Å². The van der Waals surface area contributed by atoms with Gasteiger partial charge < -0.3 is 5.73 Å². The standard InChI is InChI=1S/C17H13N5O/c1-10-2-3-12(8-19-10)14-6-13(9-20-17(14)18)11-4-5-15-16(7-11)22-23-21-15/h2-9H,1H3,(H2,18,20). The van der Waals surface area contributed by atoms with Crippen LogP contribution in [0.4, 0.5) is 5.82 Å². The summed E-state index contributed by atoms with van der Waals surface area (Å²) in [6, 6.07) is 11.7. The summed E-state index contributed by atoms with van der Waals surface area (Å²) in [7, 11) is 0. The van der Waals surface area contributed by atoms with Gasteiger partial charge in [0.05, 0.1) is 0 Å². The highest BCUT2D eigenvalue weighted by atomic mass is 16.6. The normalized spacial score (nSPS) is 11.0. The van der Waals surface area contributed by atoms with Gasteiger partial charge in [-0.15, -0.1) is 0 Å². The molecule has 0 fully saturated rings. The zero-order valence-corrected chi connectivity index (χ0v) is 12.4. The number of nitrogen functional groups attached to an aromatic ring is 1. The van der Waals surface area contributed by atoms with Crippen molar-refractivity contribution in [3.8, 4) is 22.3 Å². The Kier molecular flexibility index (Phi) is 3.01. The predicted octanol–water partition coefficient (Wildman–Crippen LogP) is 3.24. The molecule has 0 atom stereocenters. The van der Waals surface area contributed by atoms with E-state index in [1.807, 2.05) is 43.3 Å². The van der Waals surface area contributed by atoms with Crippen LogP contribution in [0.3, 0.4) is 0 Å². The van der Waals surface area contributed by atoms with Gasteiger partial charge in [0, 0.05) is 34.8 Å². The second-order valence-corrected chi connectivity index (χ2v) is 5.31. The summed E-state index contributed by atoms with van der Waals surface area (Å²) < 4.78 is 4.74. The molecule has 0 saturated carbocycles. The SMILES string of the molecule is Cc1ccc(-c2cc(-c3ccc4nonc4c3)cnc2N)cn1. The molecule has 0 unspecified atom stereocenters. The van der Waals surface area contributed by atoms with Crippen LogP contribution in [-0.4, -0.2) is 20.3 Å². The average molecular weight is 303 g/mol. The van der Waals surface area contributed by atoms with Gasteiger partial charge in [0.25, 0.3) is 0 Å². The number of pyridine rings is 2. The lowest BCUT2D eigenvalue weighted by Crippen LogP contribution is -1.95. The van der Waals surface area contributed by atoms with Crippen molar-refractivity contribution in [2.45, 2.75) is 6.92 Å². The minimum absolute atomic E-state index is 0.476. The van der Waals surface area contributed by atoms with Gasteiger partial charge in [-0.05, 0) is 47.1 Å². The summed E-state index contributed by atoms with van der Waals surface area (Å²) in [5.74, 6) is 0.476. The summed E-state index contributed by atoms with van der Waals surface area (Å²) in [5.41, 5.74) is 12.1. The van der Waals surface area contributed by atoms with Crippen molar-refractivity contribution in [3.63, 3.8) is 0 Å². The fourth-order valence-corrected chi connectivity index (χ4v) is 2.45. The first kappa shape index (κ1) is 13.4. The number of nitrogens with two attached hydrogens (primary N) is 1. The van der Waals surface area contributed by atoms with Gasteiger partial charge >= 0.3 is 0 Å². The highest BCUT2D eigenvalue weighted by Crippen LogP contribution is 2.30. The first-order chi connectivity index (χ1) is 11.2. The van der Waals surface area contributed by atoms with E-state index in [9.17, 15) is 0 Å². The molecule has 0 spiro atoms. The van der Waals surface area contributed by atoms with E-state index in [0.29, 0.717) is 11.3 Å². The van der Waals surface area contributed by atoms with Crippen LogP contribution >= 0.6 is 0 Å². The van der Waals surface area contributed by atoms with Crippen LogP contribution in [-0.2, 0) is 0 Å². The molecule has 3 heterocycles. The number of hydrogen-bond acceptors (Lipinski definition) is 6. The minimum atomic E-state index is 0.476. The molecular weight excluding hydrogens is 290 g/mol. The average Bonchev–Trinajstić information content (AvgIpc) is 3.04. The van der Waals surface area contributed by atoms with E-state index >= 15 is 0 Å². The lowest BCUT2D eigenvalue weighted by atomic mass is 10.0. The molecule has 112 valence electrons. The summed E-state index contributed by atoms with van der Waals surface area (Å²) in [6.07, 6.45) is 3.55. The molecule has 4 aromatic rings. The molecule has 0 radical (unpaired) electrons. The molecule has 6 nitrogen and oxygen atoms in total. The maximum atomic E-state index is 6.04. The van der Waals surface area contributed by atoms with Crippen molar-refractivity contribution >= 4 is 16.9 Å². The van der Waals surface area contributed by atoms with Crippen molar-refractivity contribution in [1.29, 1.82) is 0 Å². The maximum Gasteiger partial charge on any atom is 0.135 e. The van der Waals surface area contributed by atoms with Crippen LogP contribution in [0, 0.1) is 6.92 Å². The second-order valence-electron chi connectivity index (χ2n) is 5.31. The van der Waals surface area contributed by atoms with Crippen LogP contribution in [0.15, 0.2) is 53.4 Å². The molecule has 23 heavy (non-hydrogen) atoms. The topological polar surface area (TPSA) is 90.7 Å². The lowest BCUT2D eigenvalue weighted by molar-refractivity contribution is 0.315. The minimum Gasteiger partial charge on any atom is -0.383 e. The third kappa shape index (κ3) is 2.40. The van der Waals surface area contributed by atoms with E-state index in [1.165, 1.54) is 0 Å². The van der Waals surface area contributed by atoms with Gasteiger partial charge in [-0.3, -0.25) is 4.98 Å².